The number of amides is 2. The molecule has 1 N–H and O–H groups in total. The number of nitrogens with one attached hydrogen (secondary N) is 1. The minimum atomic E-state index is -0.590. The van der Waals surface area contributed by atoms with Gasteiger partial charge >= 0.3 is 0 Å². The molecular formula is C26H35ClN2O3. The minimum absolute atomic E-state index is 0.0124. The second kappa shape index (κ2) is 11.4. The molecule has 0 saturated heterocycles. The lowest BCUT2D eigenvalue weighted by Gasteiger charge is -2.31. The molecule has 0 fully saturated rings. The highest BCUT2D eigenvalue weighted by molar-refractivity contribution is 6.30. The standard InChI is InChI=1S/C26H35ClN2O3/c1-7-23(25(31)28-18(2)3)29(16-19-8-12-21(27)13-9-19)24(30)17-32-22-14-10-20(11-15-22)26(4,5)6/h8-15,18,23H,7,16-17H2,1-6H3,(H,28,31). The van der Waals surface area contributed by atoms with Crippen molar-refractivity contribution in [2.75, 3.05) is 6.61 Å². The van der Waals surface area contributed by atoms with Gasteiger partial charge < -0.3 is 15.0 Å². The number of halogens is 1. The molecule has 1 atom stereocenters. The van der Waals surface area contributed by atoms with Gasteiger partial charge in [-0.25, -0.2) is 0 Å². The Kier molecular flexibility index (Phi) is 9.14. The second-order valence-corrected chi connectivity index (χ2v) is 9.73. The number of nitrogens with zero attached hydrogens (tertiary/aromatic N) is 1. The summed E-state index contributed by atoms with van der Waals surface area (Å²) in [4.78, 5) is 27.6. The first-order valence-corrected chi connectivity index (χ1v) is 11.5. The lowest BCUT2D eigenvalue weighted by Crippen LogP contribution is -2.51. The first kappa shape index (κ1) is 25.7. The first-order valence-electron chi connectivity index (χ1n) is 11.1. The summed E-state index contributed by atoms with van der Waals surface area (Å²) in [6.07, 6.45) is 0.498. The summed E-state index contributed by atoms with van der Waals surface area (Å²) in [5, 5.41) is 3.55. The van der Waals surface area contributed by atoms with Crippen LogP contribution in [0.3, 0.4) is 0 Å². The zero-order valence-corrected chi connectivity index (χ0v) is 20.7. The molecule has 0 heterocycles. The van der Waals surface area contributed by atoms with Gasteiger partial charge in [-0.3, -0.25) is 9.59 Å². The van der Waals surface area contributed by atoms with E-state index in [4.69, 9.17) is 16.3 Å². The van der Waals surface area contributed by atoms with Gasteiger partial charge in [0.15, 0.2) is 6.61 Å². The predicted octanol–water partition coefficient (Wildman–Crippen LogP) is 5.35. The summed E-state index contributed by atoms with van der Waals surface area (Å²) in [6.45, 7) is 12.3. The van der Waals surface area contributed by atoms with Crippen LogP contribution in [-0.2, 0) is 21.5 Å². The molecule has 0 saturated carbocycles. The van der Waals surface area contributed by atoms with Crippen LogP contribution >= 0.6 is 11.6 Å². The van der Waals surface area contributed by atoms with E-state index in [9.17, 15) is 9.59 Å². The van der Waals surface area contributed by atoms with E-state index < -0.39 is 6.04 Å². The van der Waals surface area contributed by atoms with Crippen molar-refractivity contribution >= 4 is 23.4 Å². The van der Waals surface area contributed by atoms with E-state index in [2.05, 4.69) is 26.1 Å². The number of carbonyl (C=O) groups excluding carboxylic acids is 2. The van der Waals surface area contributed by atoms with Gasteiger partial charge in [-0.2, -0.15) is 0 Å². The Bertz CT molecular complexity index is 887. The Hall–Kier alpha value is -2.53. The summed E-state index contributed by atoms with van der Waals surface area (Å²) in [6, 6.07) is 14.5. The molecule has 6 heteroatoms. The maximum atomic E-state index is 13.2. The van der Waals surface area contributed by atoms with Gasteiger partial charge in [0.2, 0.25) is 5.91 Å². The Labute approximate surface area is 197 Å². The predicted molar refractivity (Wildman–Crippen MR) is 130 cm³/mol. The summed E-state index contributed by atoms with van der Waals surface area (Å²) in [5.74, 6) is 0.211. The maximum Gasteiger partial charge on any atom is 0.261 e. The van der Waals surface area contributed by atoms with Crippen LogP contribution in [0.15, 0.2) is 48.5 Å². The van der Waals surface area contributed by atoms with Crippen molar-refractivity contribution < 1.29 is 14.3 Å². The van der Waals surface area contributed by atoms with Crippen LogP contribution in [0.2, 0.25) is 5.02 Å². The van der Waals surface area contributed by atoms with E-state index in [-0.39, 0.29) is 29.9 Å². The third-order valence-electron chi connectivity index (χ3n) is 5.17. The summed E-state index contributed by atoms with van der Waals surface area (Å²) in [5.41, 5.74) is 2.13. The molecule has 0 aliphatic heterocycles. The molecule has 2 rings (SSSR count). The Morgan fingerprint density at radius 3 is 2.12 bits per heavy atom. The number of ether oxygens (including phenoxy) is 1. The molecule has 2 aromatic rings. The SMILES string of the molecule is CCC(C(=O)NC(C)C)N(Cc1ccc(Cl)cc1)C(=O)COc1ccc(C(C)(C)C)cc1. The van der Waals surface area contributed by atoms with Gasteiger partial charge in [0, 0.05) is 17.6 Å². The van der Waals surface area contributed by atoms with Crippen LogP contribution in [0.25, 0.3) is 0 Å². The van der Waals surface area contributed by atoms with Crippen molar-refractivity contribution in [3.8, 4) is 5.75 Å². The molecule has 0 spiro atoms. The van der Waals surface area contributed by atoms with Crippen LogP contribution in [0.5, 0.6) is 5.75 Å². The maximum absolute atomic E-state index is 13.2. The van der Waals surface area contributed by atoms with Crippen molar-refractivity contribution in [3.63, 3.8) is 0 Å². The molecule has 0 aliphatic carbocycles. The number of rotatable bonds is 9. The average molecular weight is 459 g/mol. The largest absolute Gasteiger partial charge is 0.484 e. The fourth-order valence-electron chi connectivity index (χ4n) is 3.37. The van der Waals surface area contributed by atoms with E-state index in [0.717, 1.165) is 5.56 Å². The monoisotopic (exact) mass is 458 g/mol. The summed E-state index contributed by atoms with van der Waals surface area (Å²) >= 11 is 6.00. The van der Waals surface area contributed by atoms with Crippen molar-refractivity contribution in [1.29, 1.82) is 0 Å². The van der Waals surface area contributed by atoms with Gasteiger partial charge in [0.1, 0.15) is 11.8 Å². The minimum Gasteiger partial charge on any atom is -0.484 e. The van der Waals surface area contributed by atoms with Gasteiger partial charge in [-0.15, -0.1) is 0 Å². The number of benzene rings is 2. The van der Waals surface area contributed by atoms with Crippen LogP contribution in [0, 0.1) is 0 Å². The smallest absolute Gasteiger partial charge is 0.261 e. The first-order chi connectivity index (χ1) is 15.0. The highest BCUT2D eigenvalue weighted by atomic mass is 35.5. The molecule has 0 radical (unpaired) electrons. The summed E-state index contributed by atoms with van der Waals surface area (Å²) in [7, 11) is 0. The lowest BCUT2D eigenvalue weighted by atomic mass is 9.87. The molecule has 1 unspecified atom stereocenters. The van der Waals surface area contributed by atoms with Crippen LogP contribution in [-0.4, -0.2) is 35.4 Å². The lowest BCUT2D eigenvalue weighted by molar-refractivity contribution is -0.143. The van der Waals surface area contributed by atoms with Crippen molar-refractivity contribution in [2.24, 2.45) is 0 Å². The third-order valence-corrected chi connectivity index (χ3v) is 5.42. The number of carbonyl (C=O) groups is 2. The third kappa shape index (κ3) is 7.56. The highest BCUT2D eigenvalue weighted by Gasteiger charge is 2.29. The normalized spacial score (nSPS) is 12.4. The highest BCUT2D eigenvalue weighted by Crippen LogP contribution is 2.24. The van der Waals surface area contributed by atoms with Crippen LogP contribution in [0.1, 0.15) is 59.1 Å². The van der Waals surface area contributed by atoms with E-state index in [1.807, 2.05) is 57.2 Å². The van der Waals surface area contributed by atoms with Gasteiger partial charge in [0.25, 0.3) is 5.91 Å². The number of hydrogen-bond donors (Lipinski definition) is 1. The van der Waals surface area contributed by atoms with Gasteiger partial charge in [-0.1, -0.05) is 63.6 Å². The fraction of sp³-hybridized carbons (Fsp3) is 0.462. The summed E-state index contributed by atoms with van der Waals surface area (Å²) < 4.78 is 5.78. The number of hydrogen-bond acceptors (Lipinski definition) is 3. The van der Waals surface area contributed by atoms with Crippen LogP contribution in [0.4, 0.5) is 0 Å². The van der Waals surface area contributed by atoms with Crippen molar-refractivity contribution in [2.45, 2.75) is 72.0 Å². The van der Waals surface area contributed by atoms with E-state index in [1.165, 1.54) is 5.56 Å². The molecule has 174 valence electrons. The molecule has 2 aromatic carbocycles. The zero-order valence-electron chi connectivity index (χ0n) is 19.9. The quantitative estimate of drug-likeness (QED) is 0.551. The Morgan fingerprint density at radius 1 is 1.03 bits per heavy atom. The molecule has 0 aromatic heterocycles. The van der Waals surface area contributed by atoms with E-state index in [1.54, 1.807) is 17.0 Å². The second-order valence-electron chi connectivity index (χ2n) is 9.30. The van der Waals surface area contributed by atoms with E-state index >= 15 is 0 Å². The molecule has 0 aliphatic rings. The fourth-order valence-corrected chi connectivity index (χ4v) is 3.49. The molecular weight excluding hydrogens is 424 g/mol. The van der Waals surface area contributed by atoms with Crippen molar-refractivity contribution in [3.05, 3.63) is 64.7 Å². The molecule has 2 amide bonds. The zero-order chi connectivity index (χ0) is 23.9. The van der Waals surface area contributed by atoms with Gasteiger partial charge in [0.05, 0.1) is 0 Å². The molecule has 5 nitrogen and oxygen atoms in total. The average Bonchev–Trinajstić information content (AvgIpc) is 2.72. The Balaban J connectivity index is 2.18. The van der Waals surface area contributed by atoms with Crippen LogP contribution < -0.4 is 10.1 Å². The van der Waals surface area contributed by atoms with Gasteiger partial charge in [-0.05, 0) is 61.1 Å². The van der Waals surface area contributed by atoms with E-state index in [0.29, 0.717) is 23.7 Å². The topological polar surface area (TPSA) is 58.6 Å². The Morgan fingerprint density at radius 2 is 1.62 bits per heavy atom. The molecule has 32 heavy (non-hydrogen) atoms. The van der Waals surface area contributed by atoms with Crippen molar-refractivity contribution in [1.82, 2.24) is 10.2 Å². The molecule has 0 bridgehead atoms.